The van der Waals surface area contributed by atoms with Gasteiger partial charge in [0.1, 0.15) is 11.6 Å². The van der Waals surface area contributed by atoms with Crippen LogP contribution in [0.3, 0.4) is 0 Å². The van der Waals surface area contributed by atoms with Gasteiger partial charge in [-0.05, 0) is 30.3 Å². The molecule has 1 saturated heterocycles. The molecule has 0 saturated carbocycles. The van der Waals surface area contributed by atoms with Gasteiger partial charge in [-0.1, -0.05) is 41.4 Å². The van der Waals surface area contributed by atoms with Crippen LogP contribution in [0.25, 0.3) is 16.9 Å². The van der Waals surface area contributed by atoms with E-state index in [2.05, 4.69) is 21.1 Å². The Hall–Kier alpha value is -3.32. The molecule has 36 heavy (non-hydrogen) atoms. The predicted octanol–water partition coefficient (Wildman–Crippen LogP) is 5.92. The molecule has 0 spiro atoms. The number of piperazine rings is 1. The molecule has 1 aliphatic rings. The maximum atomic E-state index is 13.3. The van der Waals surface area contributed by atoms with Crippen molar-refractivity contribution in [1.82, 2.24) is 19.5 Å². The average molecular weight is 531 g/mol. The topological polar surface area (TPSA) is 60.5 Å². The first-order valence-electron chi connectivity index (χ1n) is 11.1. The third-order valence-electron chi connectivity index (χ3n) is 6.21. The number of aromatic nitrogens is 3. The molecule has 0 amide bonds. The second kappa shape index (κ2) is 9.62. The summed E-state index contributed by atoms with van der Waals surface area (Å²) < 4.78 is 41.3. The van der Waals surface area contributed by atoms with Gasteiger partial charge >= 0.3 is 6.18 Å². The van der Waals surface area contributed by atoms with Crippen molar-refractivity contribution in [3.05, 3.63) is 81.5 Å². The zero-order valence-corrected chi connectivity index (χ0v) is 20.3. The van der Waals surface area contributed by atoms with Crippen molar-refractivity contribution in [1.29, 1.82) is 5.26 Å². The van der Waals surface area contributed by atoms with Crippen molar-refractivity contribution < 1.29 is 13.2 Å². The van der Waals surface area contributed by atoms with E-state index in [1.807, 2.05) is 17.0 Å². The van der Waals surface area contributed by atoms with Gasteiger partial charge in [-0.3, -0.25) is 4.90 Å². The summed E-state index contributed by atoms with van der Waals surface area (Å²) in [6.45, 7) is 3.17. The van der Waals surface area contributed by atoms with E-state index >= 15 is 0 Å². The zero-order chi connectivity index (χ0) is 25.4. The molecule has 3 heterocycles. The highest BCUT2D eigenvalue weighted by Gasteiger charge is 2.31. The number of rotatable bonds is 4. The highest BCUT2D eigenvalue weighted by Crippen LogP contribution is 2.33. The average Bonchev–Trinajstić information content (AvgIpc) is 3.25. The van der Waals surface area contributed by atoms with Crippen LogP contribution in [0.15, 0.2) is 54.7 Å². The summed E-state index contributed by atoms with van der Waals surface area (Å²) in [6.07, 6.45) is -2.99. The van der Waals surface area contributed by atoms with Crippen molar-refractivity contribution in [2.45, 2.75) is 12.7 Å². The fourth-order valence-electron chi connectivity index (χ4n) is 4.35. The van der Waals surface area contributed by atoms with Gasteiger partial charge in [0.05, 0.1) is 11.3 Å². The van der Waals surface area contributed by atoms with E-state index in [0.29, 0.717) is 65.5 Å². The molecule has 6 nitrogen and oxygen atoms in total. The number of nitriles is 1. The number of anilines is 1. The van der Waals surface area contributed by atoms with Gasteiger partial charge in [0, 0.05) is 60.1 Å². The van der Waals surface area contributed by atoms with Crippen LogP contribution < -0.4 is 4.90 Å². The molecule has 184 valence electrons. The van der Waals surface area contributed by atoms with E-state index in [4.69, 9.17) is 23.2 Å². The largest absolute Gasteiger partial charge is 0.416 e. The minimum atomic E-state index is -4.47. The van der Waals surface area contributed by atoms with Crippen molar-refractivity contribution in [2.24, 2.45) is 0 Å². The Bertz CT molecular complexity index is 1450. The summed E-state index contributed by atoms with van der Waals surface area (Å²) in [4.78, 5) is 8.52. The number of benzene rings is 2. The highest BCUT2D eigenvalue weighted by atomic mass is 35.5. The van der Waals surface area contributed by atoms with E-state index < -0.39 is 11.7 Å². The summed E-state index contributed by atoms with van der Waals surface area (Å²) in [5.74, 6) is 0.458. The summed E-state index contributed by atoms with van der Waals surface area (Å²) in [5, 5.41) is 15.8. The molecule has 5 rings (SSSR count). The van der Waals surface area contributed by atoms with Crippen LogP contribution in [0.4, 0.5) is 19.0 Å². The standard InChI is InChI=1S/C25H19Cl2F3N6/c26-20-5-2-6-21(27)19(20)15-34-9-11-35(12-10-34)24-18(14-31)23-32-8-7-22(36(23)33-24)16-3-1-4-17(13-16)25(28,29)30/h1-8,13H,9-12,15H2. The molecular weight excluding hydrogens is 512 g/mol. The molecule has 4 aromatic rings. The molecule has 2 aromatic heterocycles. The number of hydrogen-bond acceptors (Lipinski definition) is 5. The summed E-state index contributed by atoms with van der Waals surface area (Å²) in [5.41, 5.74) is 1.44. The highest BCUT2D eigenvalue weighted by molar-refractivity contribution is 6.35. The van der Waals surface area contributed by atoms with E-state index in [1.165, 1.54) is 16.8 Å². The van der Waals surface area contributed by atoms with Crippen LogP contribution in [0.1, 0.15) is 16.7 Å². The van der Waals surface area contributed by atoms with Gasteiger partial charge < -0.3 is 4.90 Å². The molecule has 0 atom stereocenters. The Morgan fingerprint density at radius 3 is 2.33 bits per heavy atom. The molecule has 11 heteroatoms. The van der Waals surface area contributed by atoms with Gasteiger partial charge in [0.15, 0.2) is 11.5 Å². The third kappa shape index (κ3) is 4.60. The van der Waals surface area contributed by atoms with Gasteiger partial charge in [0.25, 0.3) is 0 Å². The second-order valence-corrected chi connectivity index (χ2v) is 9.23. The number of hydrogen-bond donors (Lipinski definition) is 0. The minimum Gasteiger partial charge on any atom is -0.351 e. The summed E-state index contributed by atoms with van der Waals surface area (Å²) in [6, 6.07) is 14.2. The van der Waals surface area contributed by atoms with Crippen LogP contribution >= 0.6 is 23.2 Å². The quantitative estimate of drug-likeness (QED) is 0.328. The maximum Gasteiger partial charge on any atom is 0.416 e. The van der Waals surface area contributed by atoms with Crippen molar-refractivity contribution in [2.75, 3.05) is 31.1 Å². The predicted molar refractivity (Wildman–Crippen MR) is 132 cm³/mol. The summed E-state index contributed by atoms with van der Waals surface area (Å²) >= 11 is 12.6. The van der Waals surface area contributed by atoms with Crippen molar-refractivity contribution in [3.8, 4) is 17.3 Å². The molecule has 0 radical (unpaired) electrons. The van der Waals surface area contributed by atoms with E-state index in [0.717, 1.165) is 17.7 Å². The SMILES string of the molecule is N#Cc1c(N2CCN(Cc3c(Cl)cccc3Cl)CC2)nn2c(-c3cccc(C(F)(F)F)c3)ccnc12. The number of halogens is 5. The molecule has 1 fully saturated rings. The van der Waals surface area contributed by atoms with Crippen molar-refractivity contribution >= 4 is 34.7 Å². The van der Waals surface area contributed by atoms with E-state index in [1.54, 1.807) is 18.2 Å². The zero-order valence-electron chi connectivity index (χ0n) is 18.8. The fourth-order valence-corrected chi connectivity index (χ4v) is 4.87. The first-order chi connectivity index (χ1) is 17.3. The smallest absolute Gasteiger partial charge is 0.351 e. The Kier molecular flexibility index (Phi) is 6.51. The maximum absolute atomic E-state index is 13.3. The molecule has 0 bridgehead atoms. The second-order valence-electron chi connectivity index (χ2n) is 8.42. The lowest BCUT2D eigenvalue weighted by molar-refractivity contribution is -0.137. The first kappa shape index (κ1) is 24.4. The molecule has 0 unspecified atom stereocenters. The van der Waals surface area contributed by atoms with Crippen LogP contribution in [-0.2, 0) is 12.7 Å². The first-order valence-corrected chi connectivity index (χ1v) is 11.9. The third-order valence-corrected chi connectivity index (χ3v) is 6.92. The van der Waals surface area contributed by atoms with Crippen LogP contribution in [-0.4, -0.2) is 45.7 Å². The van der Waals surface area contributed by atoms with Crippen molar-refractivity contribution in [3.63, 3.8) is 0 Å². The van der Waals surface area contributed by atoms with Crippen LogP contribution in [0, 0.1) is 11.3 Å². The number of alkyl halides is 3. The van der Waals surface area contributed by atoms with Gasteiger partial charge in [-0.2, -0.15) is 18.4 Å². The lowest BCUT2D eigenvalue weighted by Gasteiger charge is -2.35. The monoisotopic (exact) mass is 530 g/mol. The normalized spacial score (nSPS) is 14.8. The van der Waals surface area contributed by atoms with Crippen LogP contribution in [0.5, 0.6) is 0 Å². The van der Waals surface area contributed by atoms with E-state index in [9.17, 15) is 18.4 Å². The number of nitrogens with zero attached hydrogens (tertiary/aromatic N) is 6. The molecule has 0 aliphatic carbocycles. The van der Waals surface area contributed by atoms with Gasteiger partial charge in [-0.15, -0.1) is 5.10 Å². The van der Waals surface area contributed by atoms with E-state index in [-0.39, 0.29) is 5.56 Å². The van der Waals surface area contributed by atoms with Gasteiger partial charge in [0.2, 0.25) is 0 Å². The summed E-state index contributed by atoms with van der Waals surface area (Å²) in [7, 11) is 0. The molecular formula is C25H19Cl2F3N6. The Morgan fingerprint density at radius 2 is 1.67 bits per heavy atom. The molecule has 0 N–H and O–H groups in total. The Balaban J connectivity index is 1.43. The fraction of sp³-hybridized carbons (Fsp3) is 0.240. The Morgan fingerprint density at radius 1 is 0.972 bits per heavy atom. The number of fused-ring (bicyclic) bond motifs is 1. The molecule has 2 aromatic carbocycles. The lowest BCUT2D eigenvalue weighted by atomic mass is 10.1. The Labute approximate surface area is 215 Å². The van der Waals surface area contributed by atoms with Crippen LogP contribution in [0.2, 0.25) is 10.0 Å². The minimum absolute atomic E-state index is 0.284. The molecule has 1 aliphatic heterocycles. The van der Waals surface area contributed by atoms with Gasteiger partial charge in [-0.25, -0.2) is 9.50 Å². The lowest BCUT2D eigenvalue weighted by Crippen LogP contribution is -2.46.